The summed E-state index contributed by atoms with van der Waals surface area (Å²) in [7, 11) is 0. The number of aryl methyl sites for hydroxylation is 2. The van der Waals surface area contributed by atoms with Crippen LogP contribution in [0.5, 0.6) is 0 Å². The van der Waals surface area contributed by atoms with E-state index in [2.05, 4.69) is 42.3 Å². The van der Waals surface area contributed by atoms with Crippen LogP contribution in [0.4, 0.5) is 0 Å². The fraction of sp³-hybridized carbons (Fsp3) is 0.842. The van der Waals surface area contributed by atoms with Crippen molar-refractivity contribution >= 4 is 0 Å². The second-order valence-electron chi connectivity index (χ2n) is 6.33. The average Bonchev–Trinajstić information content (AvgIpc) is 2.86. The lowest BCUT2D eigenvalue weighted by Crippen LogP contribution is -2.37. The molecule has 0 aliphatic heterocycles. The molecule has 0 bridgehead atoms. The topological polar surface area (TPSA) is 8.81 Å². The summed E-state index contributed by atoms with van der Waals surface area (Å²) in [6.45, 7) is 9.23. The quantitative estimate of drug-likeness (QED) is 0.346. The Balaban J connectivity index is 2.48. The van der Waals surface area contributed by atoms with Gasteiger partial charge in [-0.2, -0.15) is 0 Å². The predicted molar refractivity (Wildman–Crippen MR) is 91.5 cm³/mol. The molecule has 0 aliphatic carbocycles. The van der Waals surface area contributed by atoms with E-state index in [-0.39, 0.29) is 0 Å². The molecule has 0 N–H and O–H groups in total. The Morgan fingerprint density at radius 1 is 0.810 bits per heavy atom. The van der Waals surface area contributed by atoms with Crippen LogP contribution in [0, 0.1) is 0 Å². The van der Waals surface area contributed by atoms with Crippen LogP contribution in [-0.2, 0) is 19.5 Å². The Hall–Kier alpha value is -0.790. The average molecular weight is 294 g/mol. The van der Waals surface area contributed by atoms with Gasteiger partial charge in [0.2, 0.25) is 0 Å². The molecule has 0 aliphatic rings. The maximum atomic E-state index is 2.52. The van der Waals surface area contributed by atoms with Crippen molar-refractivity contribution in [3.8, 4) is 0 Å². The zero-order chi connectivity index (χ0) is 15.3. The lowest BCUT2D eigenvalue weighted by Gasteiger charge is -2.05. The number of hydrogen-bond acceptors (Lipinski definition) is 0. The Labute approximate surface area is 132 Å². The van der Waals surface area contributed by atoms with Crippen LogP contribution in [0.1, 0.15) is 90.8 Å². The highest BCUT2D eigenvalue weighted by Gasteiger charge is 2.15. The van der Waals surface area contributed by atoms with Crippen molar-refractivity contribution in [2.75, 3.05) is 0 Å². The standard InChI is InChI=1S/C19H37N2/c1-4-7-9-11-12-14-19-20(15-6-3)17-18-21(19)16-13-10-8-5-2/h17-18H,4-16H2,1-3H3/q+1. The fourth-order valence-electron chi connectivity index (χ4n) is 3.03. The van der Waals surface area contributed by atoms with Crippen LogP contribution >= 0.6 is 0 Å². The largest absolute Gasteiger partial charge is 0.256 e. The minimum Gasteiger partial charge on any atom is -0.234 e. The Bertz CT molecular complexity index is 354. The van der Waals surface area contributed by atoms with E-state index in [0.29, 0.717) is 0 Å². The minimum atomic E-state index is 1.17. The molecule has 1 heterocycles. The second-order valence-corrected chi connectivity index (χ2v) is 6.33. The summed E-state index contributed by atoms with van der Waals surface area (Å²) >= 11 is 0. The molecule has 122 valence electrons. The third-order valence-electron chi connectivity index (χ3n) is 4.31. The van der Waals surface area contributed by atoms with E-state index in [0.717, 1.165) is 0 Å². The van der Waals surface area contributed by atoms with Gasteiger partial charge in [-0.1, -0.05) is 59.3 Å². The minimum absolute atomic E-state index is 1.17. The van der Waals surface area contributed by atoms with Crippen molar-refractivity contribution in [3.63, 3.8) is 0 Å². The molecule has 2 heteroatoms. The summed E-state index contributed by atoms with van der Waals surface area (Å²) in [5.74, 6) is 1.56. The maximum Gasteiger partial charge on any atom is 0.256 e. The van der Waals surface area contributed by atoms with E-state index in [1.807, 2.05) is 0 Å². The third-order valence-corrected chi connectivity index (χ3v) is 4.31. The van der Waals surface area contributed by atoms with Gasteiger partial charge in [0, 0.05) is 6.42 Å². The van der Waals surface area contributed by atoms with Crippen molar-refractivity contribution in [1.82, 2.24) is 4.57 Å². The van der Waals surface area contributed by atoms with Gasteiger partial charge < -0.3 is 0 Å². The number of nitrogens with zero attached hydrogens (tertiary/aromatic N) is 2. The van der Waals surface area contributed by atoms with Crippen LogP contribution in [-0.4, -0.2) is 4.57 Å². The van der Waals surface area contributed by atoms with E-state index in [4.69, 9.17) is 0 Å². The number of unbranched alkanes of at least 4 members (excludes halogenated alkanes) is 7. The van der Waals surface area contributed by atoms with Crippen molar-refractivity contribution in [3.05, 3.63) is 18.2 Å². The molecule has 2 nitrogen and oxygen atoms in total. The van der Waals surface area contributed by atoms with Crippen LogP contribution in [0.15, 0.2) is 12.4 Å². The van der Waals surface area contributed by atoms with Gasteiger partial charge in [-0.25, -0.2) is 9.13 Å². The zero-order valence-electron chi connectivity index (χ0n) is 14.7. The summed E-state index contributed by atoms with van der Waals surface area (Å²) in [6.07, 6.45) is 19.4. The molecule has 0 aromatic carbocycles. The van der Waals surface area contributed by atoms with Crippen LogP contribution < -0.4 is 4.57 Å². The monoisotopic (exact) mass is 293 g/mol. The molecule has 1 aromatic heterocycles. The van der Waals surface area contributed by atoms with Crippen molar-refractivity contribution in [1.29, 1.82) is 0 Å². The number of imidazole rings is 1. The first-order valence-electron chi connectivity index (χ1n) is 9.40. The Morgan fingerprint density at radius 3 is 2.14 bits per heavy atom. The number of rotatable bonds is 13. The van der Waals surface area contributed by atoms with E-state index >= 15 is 0 Å². The van der Waals surface area contributed by atoms with Crippen molar-refractivity contribution in [2.45, 2.75) is 104 Å². The number of aromatic nitrogens is 2. The number of hydrogen-bond donors (Lipinski definition) is 0. The molecule has 0 atom stereocenters. The molecular weight excluding hydrogens is 256 g/mol. The Kier molecular flexibility index (Phi) is 10.3. The van der Waals surface area contributed by atoms with Gasteiger partial charge in [0.05, 0.1) is 13.1 Å². The molecule has 0 radical (unpaired) electrons. The maximum absolute atomic E-state index is 2.52. The first-order valence-corrected chi connectivity index (χ1v) is 9.40. The highest BCUT2D eigenvalue weighted by atomic mass is 15.1. The summed E-state index contributed by atoms with van der Waals surface area (Å²) in [4.78, 5) is 0. The van der Waals surface area contributed by atoms with Gasteiger partial charge in [-0.05, 0) is 25.7 Å². The molecule has 0 unspecified atom stereocenters. The van der Waals surface area contributed by atoms with Gasteiger partial charge in [0.25, 0.3) is 5.82 Å². The summed E-state index contributed by atoms with van der Waals surface area (Å²) in [5, 5.41) is 0. The Morgan fingerprint density at radius 2 is 1.48 bits per heavy atom. The molecule has 0 saturated carbocycles. The predicted octanol–water partition coefficient (Wildman–Crippen LogP) is 5.28. The van der Waals surface area contributed by atoms with Crippen LogP contribution in [0.2, 0.25) is 0 Å². The normalized spacial score (nSPS) is 11.2. The highest BCUT2D eigenvalue weighted by Crippen LogP contribution is 2.09. The fourth-order valence-corrected chi connectivity index (χ4v) is 3.03. The summed E-state index contributed by atoms with van der Waals surface area (Å²) in [5.41, 5.74) is 0. The summed E-state index contributed by atoms with van der Waals surface area (Å²) < 4.78 is 5.00. The van der Waals surface area contributed by atoms with E-state index in [1.54, 1.807) is 5.82 Å². The molecule has 0 spiro atoms. The lowest BCUT2D eigenvalue weighted by atomic mass is 10.1. The first-order chi connectivity index (χ1) is 10.3. The smallest absolute Gasteiger partial charge is 0.234 e. The van der Waals surface area contributed by atoms with E-state index in [1.165, 1.54) is 83.7 Å². The highest BCUT2D eigenvalue weighted by molar-refractivity contribution is 4.84. The molecule has 0 amide bonds. The van der Waals surface area contributed by atoms with Gasteiger partial charge in [0.1, 0.15) is 12.4 Å². The van der Waals surface area contributed by atoms with Crippen molar-refractivity contribution < 1.29 is 4.57 Å². The zero-order valence-corrected chi connectivity index (χ0v) is 14.7. The third kappa shape index (κ3) is 7.15. The van der Waals surface area contributed by atoms with Gasteiger partial charge in [-0.3, -0.25) is 0 Å². The molecule has 0 saturated heterocycles. The lowest BCUT2D eigenvalue weighted by molar-refractivity contribution is -0.703. The molecule has 1 aromatic rings. The molecule has 0 fully saturated rings. The van der Waals surface area contributed by atoms with Gasteiger partial charge in [-0.15, -0.1) is 0 Å². The SMILES string of the molecule is CCCCCCCc1n(CCCCCC)cc[n+]1CCC. The van der Waals surface area contributed by atoms with Crippen LogP contribution in [0.25, 0.3) is 0 Å². The molecule has 1 rings (SSSR count). The van der Waals surface area contributed by atoms with Crippen LogP contribution in [0.3, 0.4) is 0 Å². The second kappa shape index (κ2) is 11.8. The first kappa shape index (κ1) is 18.3. The van der Waals surface area contributed by atoms with Crippen molar-refractivity contribution in [2.24, 2.45) is 0 Å². The van der Waals surface area contributed by atoms with Gasteiger partial charge in [0.15, 0.2) is 0 Å². The molecular formula is C19H37N2+. The summed E-state index contributed by atoms with van der Waals surface area (Å²) in [6, 6.07) is 0. The van der Waals surface area contributed by atoms with E-state index in [9.17, 15) is 0 Å². The van der Waals surface area contributed by atoms with Gasteiger partial charge >= 0.3 is 0 Å². The molecule has 21 heavy (non-hydrogen) atoms. The van der Waals surface area contributed by atoms with E-state index < -0.39 is 0 Å².